The van der Waals surface area contributed by atoms with Gasteiger partial charge in [0.25, 0.3) is 0 Å². The summed E-state index contributed by atoms with van der Waals surface area (Å²) in [6.45, 7) is 1.93. The molecule has 1 nitrogen and oxygen atoms in total. The molecule has 0 aromatic heterocycles. The first kappa shape index (κ1) is 7.82. The van der Waals surface area contributed by atoms with Crippen LogP contribution < -0.4 is 5.73 Å². The summed E-state index contributed by atoms with van der Waals surface area (Å²) >= 11 is 8.41. The molecule has 0 atom stereocenters. The Bertz CT molecular complexity index is 231. The maximum atomic E-state index is 5.61. The topological polar surface area (TPSA) is 26.0 Å². The fourth-order valence-electron chi connectivity index (χ4n) is 0.701. The molecule has 0 aliphatic heterocycles. The molecule has 10 heavy (non-hydrogen) atoms. The van der Waals surface area contributed by atoms with E-state index in [1.54, 1.807) is 0 Å². The quantitative estimate of drug-likeness (QED) is 0.405. The van der Waals surface area contributed by atoms with Crippen LogP contribution in [0.4, 0.5) is 5.69 Å². The second kappa shape index (κ2) is 2.76. The highest BCUT2D eigenvalue weighted by Crippen LogP contribution is 2.25. The van der Waals surface area contributed by atoms with Gasteiger partial charge in [0.1, 0.15) is 0 Å². The lowest BCUT2D eigenvalue weighted by molar-refractivity contribution is 1.19. The zero-order valence-electron chi connectivity index (χ0n) is 5.63. The summed E-state index contributed by atoms with van der Waals surface area (Å²) in [7, 11) is 0. The Hall–Kier alpha value is -0.280. The van der Waals surface area contributed by atoms with Gasteiger partial charge in [0.15, 0.2) is 0 Å². The minimum Gasteiger partial charge on any atom is -0.398 e. The summed E-state index contributed by atoms with van der Waals surface area (Å²) in [5.41, 5.74) is 7.37. The Morgan fingerprint density at radius 2 is 1.90 bits per heavy atom. The van der Waals surface area contributed by atoms with Gasteiger partial charge in [0, 0.05) is 15.5 Å². The van der Waals surface area contributed by atoms with Gasteiger partial charge in [-0.25, -0.2) is 0 Å². The van der Waals surface area contributed by atoms with Crippen LogP contribution in [0.1, 0.15) is 5.56 Å². The Morgan fingerprint density at radius 3 is 2.40 bits per heavy atom. The molecule has 1 aromatic carbocycles. The summed E-state index contributed by atoms with van der Waals surface area (Å²) in [5.74, 6) is 0. The summed E-state index contributed by atoms with van der Waals surface area (Å²) in [4.78, 5) is 1.73. The van der Waals surface area contributed by atoms with E-state index in [0.29, 0.717) is 0 Å². The van der Waals surface area contributed by atoms with Crippen molar-refractivity contribution in [3.8, 4) is 0 Å². The molecule has 0 heterocycles. The second-order valence-electron chi connectivity index (χ2n) is 2.15. The van der Waals surface area contributed by atoms with Crippen molar-refractivity contribution in [2.24, 2.45) is 0 Å². The zero-order chi connectivity index (χ0) is 7.72. The molecule has 0 aliphatic carbocycles. The van der Waals surface area contributed by atoms with Crippen LogP contribution in [0.3, 0.4) is 0 Å². The molecule has 3 heteroatoms. The third kappa shape index (κ3) is 1.25. The predicted octanol–water partition coefficient (Wildman–Crippen LogP) is 2.15. The largest absolute Gasteiger partial charge is 0.398 e. The average Bonchev–Trinajstić information content (AvgIpc) is 1.93. The van der Waals surface area contributed by atoms with Gasteiger partial charge in [-0.05, 0) is 24.6 Å². The zero-order valence-corrected chi connectivity index (χ0v) is 7.42. The lowest BCUT2D eigenvalue weighted by Crippen LogP contribution is -1.90. The van der Waals surface area contributed by atoms with Gasteiger partial charge in [-0.1, -0.05) is 0 Å². The van der Waals surface area contributed by atoms with E-state index in [-0.39, 0.29) is 0 Å². The van der Waals surface area contributed by atoms with Crippen LogP contribution in [0.25, 0.3) is 0 Å². The third-order valence-electron chi connectivity index (χ3n) is 1.45. The number of hydrogen-bond donors (Lipinski definition) is 3. The van der Waals surface area contributed by atoms with Crippen molar-refractivity contribution in [3.05, 3.63) is 17.7 Å². The number of benzene rings is 1. The molecular formula is C7H9NS2. The van der Waals surface area contributed by atoms with Crippen molar-refractivity contribution < 1.29 is 0 Å². The van der Waals surface area contributed by atoms with Crippen LogP contribution in [-0.2, 0) is 0 Å². The smallest absolute Gasteiger partial charge is 0.0355 e. The highest BCUT2D eigenvalue weighted by molar-refractivity contribution is 7.83. The van der Waals surface area contributed by atoms with Crippen molar-refractivity contribution in [3.63, 3.8) is 0 Å². The Morgan fingerprint density at radius 1 is 1.30 bits per heavy atom. The summed E-state index contributed by atoms with van der Waals surface area (Å²) < 4.78 is 0. The van der Waals surface area contributed by atoms with Crippen molar-refractivity contribution in [2.45, 2.75) is 16.7 Å². The van der Waals surface area contributed by atoms with Crippen molar-refractivity contribution in [1.29, 1.82) is 0 Å². The van der Waals surface area contributed by atoms with Crippen molar-refractivity contribution >= 4 is 30.9 Å². The van der Waals surface area contributed by atoms with Gasteiger partial charge >= 0.3 is 0 Å². The molecule has 54 valence electrons. The SMILES string of the molecule is Cc1c(N)ccc(S)c1S. The fourth-order valence-corrected chi connectivity index (χ4v) is 1.15. The van der Waals surface area contributed by atoms with Crippen LogP contribution in [0, 0.1) is 6.92 Å². The van der Waals surface area contributed by atoms with E-state index >= 15 is 0 Å². The normalized spacial score (nSPS) is 9.90. The van der Waals surface area contributed by atoms with Crippen LogP contribution in [-0.4, -0.2) is 0 Å². The van der Waals surface area contributed by atoms with Crippen molar-refractivity contribution in [2.75, 3.05) is 5.73 Å². The van der Waals surface area contributed by atoms with Gasteiger partial charge < -0.3 is 5.73 Å². The van der Waals surface area contributed by atoms with Crippen LogP contribution in [0.15, 0.2) is 21.9 Å². The summed E-state index contributed by atoms with van der Waals surface area (Å²) in [5, 5.41) is 0. The minimum absolute atomic E-state index is 0.766. The first-order valence-corrected chi connectivity index (χ1v) is 3.79. The Balaban J connectivity index is 3.34. The lowest BCUT2D eigenvalue weighted by atomic mass is 10.2. The predicted molar refractivity (Wildman–Crippen MR) is 50.1 cm³/mol. The molecule has 0 bridgehead atoms. The van der Waals surface area contributed by atoms with Crippen LogP contribution >= 0.6 is 25.3 Å². The highest BCUT2D eigenvalue weighted by Gasteiger charge is 2.00. The number of thiol groups is 2. The van der Waals surface area contributed by atoms with Crippen LogP contribution in [0.5, 0.6) is 0 Å². The molecule has 0 saturated heterocycles. The monoisotopic (exact) mass is 171 g/mol. The number of anilines is 1. The molecule has 0 unspecified atom stereocenters. The molecular weight excluding hydrogens is 162 g/mol. The van der Waals surface area contributed by atoms with Crippen LogP contribution in [0.2, 0.25) is 0 Å². The average molecular weight is 171 g/mol. The second-order valence-corrected chi connectivity index (χ2v) is 3.08. The third-order valence-corrected chi connectivity index (χ3v) is 2.58. The molecule has 1 rings (SSSR count). The molecule has 0 spiro atoms. The van der Waals surface area contributed by atoms with E-state index < -0.39 is 0 Å². The molecule has 1 aromatic rings. The van der Waals surface area contributed by atoms with Gasteiger partial charge in [-0.3, -0.25) is 0 Å². The number of nitrogens with two attached hydrogens (primary N) is 1. The number of hydrogen-bond acceptors (Lipinski definition) is 3. The molecule has 0 amide bonds. The van der Waals surface area contributed by atoms with E-state index in [4.69, 9.17) is 5.73 Å². The van der Waals surface area contributed by atoms with E-state index in [1.165, 1.54) is 0 Å². The van der Waals surface area contributed by atoms with E-state index in [2.05, 4.69) is 25.3 Å². The Kier molecular flexibility index (Phi) is 2.16. The highest BCUT2D eigenvalue weighted by atomic mass is 32.1. The first-order chi connectivity index (χ1) is 4.63. The summed E-state index contributed by atoms with van der Waals surface area (Å²) in [6, 6.07) is 3.67. The Labute approximate surface area is 71.4 Å². The van der Waals surface area contributed by atoms with E-state index in [9.17, 15) is 0 Å². The standard InChI is InChI=1S/C7H9NS2/c1-4-5(8)2-3-6(9)7(4)10/h2-3,9-10H,8H2,1H3. The van der Waals surface area contributed by atoms with Gasteiger partial charge in [0.2, 0.25) is 0 Å². The number of nitrogen functional groups attached to an aromatic ring is 1. The first-order valence-electron chi connectivity index (χ1n) is 2.90. The van der Waals surface area contributed by atoms with Gasteiger partial charge in [-0.2, -0.15) is 0 Å². The molecule has 0 aliphatic rings. The molecule has 0 saturated carbocycles. The maximum absolute atomic E-state index is 5.61. The van der Waals surface area contributed by atoms with Crippen molar-refractivity contribution in [1.82, 2.24) is 0 Å². The van der Waals surface area contributed by atoms with Gasteiger partial charge in [0.05, 0.1) is 0 Å². The van der Waals surface area contributed by atoms with Gasteiger partial charge in [-0.15, -0.1) is 25.3 Å². The summed E-state index contributed by atoms with van der Waals surface area (Å²) in [6.07, 6.45) is 0. The van der Waals surface area contributed by atoms with E-state index in [1.807, 2.05) is 19.1 Å². The minimum atomic E-state index is 0.766. The molecule has 0 radical (unpaired) electrons. The van der Waals surface area contributed by atoms with E-state index in [0.717, 1.165) is 21.0 Å². The number of rotatable bonds is 0. The fraction of sp³-hybridized carbons (Fsp3) is 0.143. The maximum Gasteiger partial charge on any atom is 0.0355 e. The lowest BCUT2D eigenvalue weighted by Gasteiger charge is -2.04. The molecule has 0 fully saturated rings. The molecule has 2 N–H and O–H groups in total.